The molecule has 3 aromatic rings. The minimum absolute atomic E-state index is 0.0915. The van der Waals surface area contributed by atoms with Gasteiger partial charge in [-0.05, 0) is 31.9 Å². The van der Waals surface area contributed by atoms with Crippen LogP contribution in [0.3, 0.4) is 0 Å². The molecule has 4 rings (SSSR count). The van der Waals surface area contributed by atoms with Gasteiger partial charge in [-0.25, -0.2) is 4.98 Å². The average molecular weight is 355 g/mol. The molecule has 7 heteroatoms. The lowest BCUT2D eigenvalue weighted by molar-refractivity contribution is 0.332. The van der Waals surface area contributed by atoms with E-state index in [0.29, 0.717) is 23.0 Å². The third-order valence-electron chi connectivity index (χ3n) is 4.77. The lowest BCUT2D eigenvalue weighted by Gasteiger charge is -2.24. The van der Waals surface area contributed by atoms with Crippen molar-refractivity contribution in [2.24, 2.45) is 0 Å². The fourth-order valence-corrected chi connectivity index (χ4v) is 4.47. The van der Waals surface area contributed by atoms with E-state index in [1.807, 2.05) is 25.1 Å². The number of nitrogens with one attached hydrogen (secondary N) is 1. The van der Waals surface area contributed by atoms with Gasteiger partial charge in [0, 0.05) is 6.04 Å². The van der Waals surface area contributed by atoms with E-state index in [9.17, 15) is 4.79 Å². The van der Waals surface area contributed by atoms with Crippen LogP contribution >= 0.6 is 11.8 Å². The maximum absolute atomic E-state index is 12.2. The number of nitrogens with zero attached hydrogens (tertiary/aromatic N) is 4. The van der Waals surface area contributed by atoms with E-state index < -0.39 is 0 Å². The zero-order valence-corrected chi connectivity index (χ0v) is 15.1. The minimum Gasteiger partial charge on any atom is -0.309 e. The summed E-state index contributed by atoms with van der Waals surface area (Å²) in [6.45, 7) is 2.02. The molecule has 0 bridgehead atoms. The van der Waals surface area contributed by atoms with Crippen molar-refractivity contribution in [2.45, 2.75) is 56.0 Å². The summed E-state index contributed by atoms with van der Waals surface area (Å²) in [7, 11) is 0. The van der Waals surface area contributed by atoms with Crippen LogP contribution in [0.1, 0.15) is 49.8 Å². The van der Waals surface area contributed by atoms with Crippen molar-refractivity contribution in [3.05, 3.63) is 46.3 Å². The van der Waals surface area contributed by atoms with Gasteiger partial charge in [0.25, 0.3) is 5.56 Å². The molecule has 0 saturated heterocycles. The Hall–Kier alpha value is -2.15. The van der Waals surface area contributed by atoms with Crippen LogP contribution in [0.4, 0.5) is 0 Å². The molecule has 0 spiro atoms. The van der Waals surface area contributed by atoms with Crippen molar-refractivity contribution in [2.75, 3.05) is 0 Å². The highest BCUT2D eigenvalue weighted by Gasteiger charge is 2.21. The van der Waals surface area contributed by atoms with Gasteiger partial charge in [-0.2, -0.15) is 0 Å². The molecule has 0 amide bonds. The van der Waals surface area contributed by atoms with Crippen molar-refractivity contribution in [1.29, 1.82) is 0 Å². The van der Waals surface area contributed by atoms with Crippen LogP contribution in [0, 0.1) is 6.92 Å². The summed E-state index contributed by atoms with van der Waals surface area (Å²) in [6.07, 6.45) is 6.25. The third-order valence-corrected chi connectivity index (χ3v) is 5.73. The van der Waals surface area contributed by atoms with E-state index in [2.05, 4.69) is 24.7 Å². The number of aromatic nitrogens is 5. The first kappa shape index (κ1) is 16.3. The number of rotatable bonds is 4. The predicted octanol–water partition coefficient (Wildman–Crippen LogP) is 3.62. The molecule has 1 fully saturated rings. The molecule has 1 aliphatic carbocycles. The zero-order chi connectivity index (χ0) is 17.2. The Labute approximate surface area is 150 Å². The van der Waals surface area contributed by atoms with E-state index in [1.165, 1.54) is 32.1 Å². The first-order valence-electron chi connectivity index (χ1n) is 8.74. The standard InChI is InChI=1S/C18H21N5OS/c1-12-21-22-18(23(12)13-7-3-2-4-8-13)25-11-16-19-15-10-6-5-9-14(15)17(24)20-16/h5-6,9-10,13H,2-4,7-8,11H2,1H3,(H,19,20,24). The van der Waals surface area contributed by atoms with Gasteiger partial charge in [0.05, 0.1) is 16.7 Å². The maximum atomic E-state index is 12.2. The molecule has 1 aliphatic rings. The fraction of sp³-hybridized carbons (Fsp3) is 0.444. The van der Waals surface area contributed by atoms with Crippen LogP contribution in [0.15, 0.2) is 34.2 Å². The van der Waals surface area contributed by atoms with E-state index in [1.54, 1.807) is 17.8 Å². The molecule has 0 atom stereocenters. The molecule has 6 nitrogen and oxygen atoms in total. The lowest BCUT2D eigenvalue weighted by atomic mass is 9.95. The van der Waals surface area contributed by atoms with Crippen LogP contribution in [-0.4, -0.2) is 24.7 Å². The SMILES string of the molecule is Cc1nnc(SCc2nc3ccccc3c(=O)[nH]2)n1C1CCCCC1. The van der Waals surface area contributed by atoms with Crippen LogP contribution in [0.2, 0.25) is 0 Å². The number of benzene rings is 1. The molecule has 1 saturated carbocycles. The van der Waals surface area contributed by atoms with Crippen molar-refractivity contribution in [3.63, 3.8) is 0 Å². The Morgan fingerprint density at radius 3 is 2.84 bits per heavy atom. The van der Waals surface area contributed by atoms with Gasteiger partial charge < -0.3 is 9.55 Å². The second kappa shape index (κ2) is 7.00. The van der Waals surface area contributed by atoms with Gasteiger partial charge in [0.2, 0.25) is 0 Å². The number of fused-ring (bicyclic) bond motifs is 1. The molecular weight excluding hydrogens is 334 g/mol. The maximum Gasteiger partial charge on any atom is 0.258 e. The summed E-state index contributed by atoms with van der Waals surface area (Å²) >= 11 is 1.59. The molecule has 2 aromatic heterocycles. The number of para-hydroxylation sites is 1. The highest BCUT2D eigenvalue weighted by Crippen LogP contribution is 2.33. The normalized spacial score (nSPS) is 15.7. The molecule has 1 aromatic carbocycles. The summed E-state index contributed by atoms with van der Waals surface area (Å²) in [5, 5.41) is 10.2. The quantitative estimate of drug-likeness (QED) is 0.723. The molecular formula is C18H21N5OS. The molecule has 2 heterocycles. The first-order valence-corrected chi connectivity index (χ1v) is 9.73. The van der Waals surface area contributed by atoms with Crippen LogP contribution < -0.4 is 5.56 Å². The Morgan fingerprint density at radius 2 is 2.00 bits per heavy atom. The number of hydrogen-bond donors (Lipinski definition) is 1. The molecule has 1 N–H and O–H groups in total. The summed E-state index contributed by atoms with van der Waals surface area (Å²) in [5.41, 5.74) is 0.637. The van der Waals surface area contributed by atoms with Crippen molar-refractivity contribution in [3.8, 4) is 0 Å². The van der Waals surface area contributed by atoms with Gasteiger partial charge in [0.1, 0.15) is 11.6 Å². The Balaban J connectivity index is 1.57. The van der Waals surface area contributed by atoms with E-state index in [0.717, 1.165) is 16.5 Å². The van der Waals surface area contributed by atoms with Crippen LogP contribution in [0.5, 0.6) is 0 Å². The number of H-pyrrole nitrogens is 1. The lowest BCUT2D eigenvalue weighted by Crippen LogP contribution is -2.15. The summed E-state index contributed by atoms with van der Waals surface area (Å²) < 4.78 is 2.27. The summed E-state index contributed by atoms with van der Waals surface area (Å²) in [5.74, 6) is 2.21. The van der Waals surface area contributed by atoms with Gasteiger partial charge in [-0.15, -0.1) is 10.2 Å². The number of hydrogen-bond acceptors (Lipinski definition) is 5. The number of aromatic amines is 1. The molecule has 25 heavy (non-hydrogen) atoms. The van der Waals surface area contributed by atoms with Crippen LogP contribution in [0.25, 0.3) is 10.9 Å². The third kappa shape index (κ3) is 3.33. The highest BCUT2D eigenvalue weighted by atomic mass is 32.2. The highest BCUT2D eigenvalue weighted by molar-refractivity contribution is 7.98. The van der Waals surface area contributed by atoms with E-state index in [4.69, 9.17) is 0 Å². The van der Waals surface area contributed by atoms with Gasteiger partial charge >= 0.3 is 0 Å². The predicted molar refractivity (Wildman–Crippen MR) is 98.8 cm³/mol. The van der Waals surface area contributed by atoms with Gasteiger partial charge in [-0.3, -0.25) is 4.79 Å². The minimum atomic E-state index is -0.0915. The Morgan fingerprint density at radius 1 is 1.20 bits per heavy atom. The van der Waals surface area contributed by atoms with Crippen molar-refractivity contribution < 1.29 is 0 Å². The van der Waals surface area contributed by atoms with Crippen molar-refractivity contribution in [1.82, 2.24) is 24.7 Å². The second-order valence-corrected chi connectivity index (χ2v) is 7.45. The molecule has 0 radical (unpaired) electrons. The summed E-state index contributed by atoms with van der Waals surface area (Å²) in [6, 6.07) is 7.90. The Bertz CT molecular complexity index is 942. The largest absolute Gasteiger partial charge is 0.309 e. The van der Waals surface area contributed by atoms with E-state index in [-0.39, 0.29) is 5.56 Å². The molecule has 0 aliphatic heterocycles. The monoisotopic (exact) mass is 355 g/mol. The smallest absolute Gasteiger partial charge is 0.258 e. The average Bonchev–Trinajstić information content (AvgIpc) is 3.01. The topological polar surface area (TPSA) is 76.5 Å². The molecule has 130 valence electrons. The fourth-order valence-electron chi connectivity index (χ4n) is 3.54. The molecule has 0 unspecified atom stereocenters. The van der Waals surface area contributed by atoms with Crippen molar-refractivity contribution >= 4 is 22.7 Å². The summed E-state index contributed by atoms with van der Waals surface area (Å²) in [4.78, 5) is 19.6. The zero-order valence-electron chi connectivity index (χ0n) is 14.2. The van der Waals surface area contributed by atoms with Crippen LogP contribution in [-0.2, 0) is 5.75 Å². The van der Waals surface area contributed by atoms with Gasteiger partial charge in [0.15, 0.2) is 5.16 Å². The number of thioether (sulfide) groups is 1. The first-order chi connectivity index (χ1) is 12.2. The second-order valence-electron chi connectivity index (χ2n) is 6.51. The number of aryl methyl sites for hydroxylation is 1. The van der Waals surface area contributed by atoms with Gasteiger partial charge in [-0.1, -0.05) is 43.2 Å². The van der Waals surface area contributed by atoms with E-state index >= 15 is 0 Å². The Kier molecular flexibility index (Phi) is 4.57.